The number of carboxylic acids is 1. The Hall–Kier alpha value is -1.71. The van der Waals surface area contributed by atoms with Crippen molar-refractivity contribution in [2.24, 2.45) is 0 Å². The molecule has 0 spiro atoms. The lowest BCUT2D eigenvalue weighted by molar-refractivity contribution is 0.0692. The van der Waals surface area contributed by atoms with E-state index in [0.717, 1.165) is 5.56 Å². The Morgan fingerprint density at radius 3 is 2.60 bits per heavy atom. The summed E-state index contributed by atoms with van der Waals surface area (Å²) in [4.78, 5) is 11.0. The van der Waals surface area contributed by atoms with E-state index in [1.54, 1.807) is 12.1 Å². The van der Waals surface area contributed by atoms with Crippen LogP contribution >= 0.6 is 0 Å². The molecule has 0 saturated heterocycles. The van der Waals surface area contributed by atoms with Gasteiger partial charge in [-0.3, -0.25) is 0 Å². The van der Waals surface area contributed by atoms with Crippen LogP contribution in [0.5, 0.6) is 11.5 Å². The highest BCUT2D eigenvalue weighted by atomic mass is 16.5. The molecule has 82 valence electrons. The van der Waals surface area contributed by atoms with E-state index in [2.05, 4.69) is 0 Å². The third-order valence-corrected chi connectivity index (χ3v) is 1.93. The van der Waals surface area contributed by atoms with E-state index in [1.165, 1.54) is 7.11 Å². The molecular formula is C11H14O4. The molecule has 0 saturated carbocycles. The number of ether oxygens (including phenoxy) is 2. The number of hydrogen-bond donors (Lipinski definition) is 1. The van der Waals surface area contributed by atoms with Gasteiger partial charge >= 0.3 is 5.97 Å². The zero-order valence-electron chi connectivity index (χ0n) is 9.03. The summed E-state index contributed by atoms with van der Waals surface area (Å²) in [5.74, 6) is -0.274. The summed E-state index contributed by atoms with van der Waals surface area (Å²) in [5.41, 5.74) is 0.956. The van der Waals surface area contributed by atoms with E-state index in [-0.39, 0.29) is 11.3 Å². The monoisotopic (exact) mass is 210 g/mol. The van der Waals surface area contributed by atoms with Gasteiger partial charge in [-0.1, -0.05) is 0 Å². The van der Waals surface area contributed by atoms with Gasteiger partial charge in [0.15, 0.2) is 11.5 Å². The molecule has 0 amide bonds. The molecule has 0 heterocycles. The second kappa shape index (κ2) is 4.68. The van der Waals surface area contributed by atoms with E-state index in [0.29, 0.717) is 12.4 Å². The molecule has 0 aliphatic rings. The summed E-state index contributed by atoms with van der Waals surface area (Å²) in [7, 11) is 1.43. The van der Waals surface area contributed by atoms with Crippen LogP contribution in [-0.4, -0.2) is 24.8 Å². The molecule has 1 rings (SSSR count). The topological polar surface area (TPSA) is 55.8 Å². The summed E-state index contributed by atoms with van der Waals surface area (Å²) in [6, 6.07) is 3.32. The molecule has 0 atom stereocenters. The fourth-order valence-corrected chi connectivity index (χ4v) is 1.37. The number of carbonyl (C=O) groups is 1. The molecule has 15 heavy (non-hydrogen) atoms. The standard InChI is InChI=1S/C11H14O4/c1-4-15-9-6-7(2)5-8(11(12)13)10(9)14-3/h5-6H,4H2,1-3H3,(H,12,13). The van der Waals surface area contributed by atoms with Gasteiger partial charge in [0.25, 0.3) is 0 Å². The minimum absolute atomic E-state index is 0.126. The Bertz CT molecular complexity index is 371. The Kier molecular flexibility index (Phi) is 3.55. The number of hydrogen-bond acceptors (Lipinski definition) is 3. The van der Waals surface area contributed by atoms with E-state index < -0.39 is 5.97 Å². The zero-order chi connectivity index (χ0) is 11.4. The van der Waals surface area contributed by atoms with Gasteiger partial charge in [0, 0.05) is 0 Å². The van der Waals surface area contributed by atoms with Crippen molar-refractivity contribution in [1.82, 2.24) is 0 Å². The maximum absolute atomic E-state index is 11.0. The Morgan fingerprint density at radius 2 is 2.13 bits per heavy atom. The fourth-order valence-electron chi connectivity index (χ4n) is 1.37. The van der Waals surface area contributed by atoms with Gasteiger partial charge in [0.1, 0.15) is 5.56 Å². The van der Waals surface area contributed by atoms with Crippen LogP contribution in [0, 0.1) is 6.92 Å². The largest absolute Gasteiger partial charge is 0.492 e. The first-order chi connectivity index (χ1) is 7.10. The number of carboxylic acid groups (broad SMARTS) is 1. The lowest BCUT2D eigenvalue weighted by Crippen LogP contribution is -2.04. The maximum Gasteiger partial charge on any atom is 0.339 e. The first kappa shape index (κ1) is 11.4. The molecule has 0 fully saturated rings. The Labute approximate surface area is 88.4 Å². The van der Waals surface area contributed by atoms with Crippen molar-refractivity contribution in [3.63, 3.8) is 0 Å². The highest BCUT2D eigenvalue weighted by molar-refractivity contribution is 5.92. The molecule has 1 aromatic carbocycles. The summed E-state index contributed by atoms with van der Waals surface area (Å²) < 4.78 is 10.4. The van der Waals surface area contributed by atoms with E-state index in [9.17, 15) is 4.79 Å². The highest BCUT2D eigenvalue weighted by Crippen LogP contribution is 2.32. The van der Waals surface area contributed by atoms with Crippen molar-refractivity contribution in [2.45, 2.75) is 13.8 Å². The third-order valence-electron chi connectivity index (χ3n) is 1.93. The SMILES string of the molecule is CCOc1cc(C)cc(C(=O)O)c1OC. The van der Waals surface area contributed by atoms with E-state index >= 15 is 0 Å². The number of methoxy groups -OCH3 is 1. The van der Waals surface area contributed by atoms with Crippen molar-refractivity contribution in [1.29, 1.82) is 0 Å². The van der Waals surface area contributed by atoms with E-state index in [4.69, 9.17) is 14.6 Å². The maximum atomic E-state index is 11.0. The first-order valence-corrected chi connectivity index (χ1v) is 4.64. The number of aromatic carboxylic acids is 1. The smallest absolute Gasteiger partial charge is 0.339 e. The van der Waals surface area contributed by atoms with Crippen LogP contribution in [0.2, 0.25) is 0 Å². The minimum Gasteiger partial charge on any atom is -0.492 e. The third kappa shape index (κ3) is 2.40. The fraction of sp³-hybridized carbons (Fsp3) is 0.364. The van der Waals surface area contributed by atoms with Crippen LogP contribution in [0.1, 0.15) is 22.8 Å². The summed E-state index contributed by atoms with van der Waals surface area (Å²) in [6.45, 7) is 4.12. The van der Waals surface area contributed by atoms with Gasteiger partial charge in [-0.25, -0.2) is 4.79 Å². The second-order valence-electron chi connectivity index (χ2n) is 3.08. The van der Waals surface area contributed by atoms with Gasteiger partial charge in [-0.2, -0.15) is 0 Å². The van der Waals surface area contributed by atoms with Gasteiger partial charge in [0.2, 0.25) is 0 Å². The van der Waals surface area contributed by atoms with Gasteiger partial charge < -0.3 is 14.6 Å². The average Bonchev–Trinajstić information content (AvgIpc) is 2.17. The van der Waals surface area contributed by atoms with Crippen molar-refractivity contribution in [3.8, 4) is 11.5 Å². The Balaban J connectivity index is 3.31. The number of aryl methyl sites for hydroxylation is 1. The quantitative estimate of drug-likeness (QED) is 0.826. The van der Waals surface area contributed by atoms with Crippen LogP contribution in [0.4, 0.5) is 0 Å². The molecule has 0 unspecified atom stereocenters. The minimum atomic E-state index is -1.02. The molecule has 1 N–H and O–H groups in total. The predicted octanol–water partition coefficient (Wildman–Crippen LogP) is 2.10. The molecule has 0 aliphatic heterocycles. The highest BCUT2D eigenvalue weighted by Gasteiger charge is 2.16. The molecule has 0 radical (unpaired) electrons. The summed E-state index contributed by atoms with van der Waals surface area (Å²) >= 11 is 0. The van der Waals surface area contributed by atoms with Crippen molar-refractivity contribution in [3.05, 3.63) is 23.3 Å². The van der Waals surface area contributed by atoms with Crippen LogP contribution < -0.4 is 9.47 Å². The molecule has 0 bridgehead atoms. The van der Waals surface area contributed by atoms with Crippen LogP contribution in [-0.2, 0) is 0 Å². The molecule has 4 heteroatoms. The average molecular weight is 210 g/mol. The summed E-state index contributed by atoms with van der Waals surface area (Å²) in [6.07, 6.45) is 0. The number of benzene rings is 1. The molecule has 0 aromatic heterocycles. The summed E-state index contributed by atoms with van der Waals surface area (Å²) in [5, 5.41) is 8.98. The molecule has 1 aromatic rings. The molecule has 0 aliphatic carbocycles. The zero-order valence-corrected chi connectivity index (χ0v) is 9.03. The van der Waals surface area contributed by atoms with Crippen LogP contribution in [0.3, 0.4) is 0 Å². The van der Waals surface area contributed by atoms with Gasteiger partial charge in [0.05, 0.1) is 13.7 Å². The lowest BCUT2D eigenvalue weighted by Gasteiger charge is -2.12. The van der Waals surface area contributed by atoms with Gasteiger partial charge in [-0.05, 0) is 31.5 Å². The normalized spacial score (nSPS) is 9.80. The van der Waals surface area contributed by atoms with Crippen molar-refractivity contribution < 1.29 is 19.4 Å². The second-order valence-corrected chi connectivity index (χ2v) is 3.08. The first-order valence-electron chi connectivity index (χ1n) is 4.64. The van der Waals surface area contributed by atoms with E-state index in [1.807, 2.05) is 13.8 Å². The predicted molar refractivity (Wildman–Crippen MR) is 55.9 cm³/mol. The van der Waals surface area contributed by atoms with Crippen molar-refractivity contribution >= 4 is 5.97 Å². The van der Waals surface area contributed by atoms with Gasteiger partial charge in [-0.15, -0.1) is 0 Å². The van der Waals surface area contributed by atoms with Crippen LogP contribution in [0.25, 0.3) is 0 Å². The number of rotatable bonds is 4. The Morgan fingerprint density at radius 1 is 1.47 bits per heavy atom. The molecule has 4 nitrogen and oxygen atoms in total. The molecular weight excluding hydrogens is 196 g/mol. The van der Waals surface area contributed by atoms with Crippen LogP contribution in [0.15, 0.2) is 12.1 Å². The lowest BCUT2D eigenvalue weighted by atomic mass is 10.1. The van der Waals surface area contributed by atoms with Crippen molar-refractivity contribution in [2.75, 3.05) is 13.7 Å².